The first-order chi connectivity index (χ1) is 11.1. The van der Waals surface area contributed by atoms with Crippen molar-refractivity contribution in [2.75, 3.05) is 39.6 Å². The van der Waals surface area contributed by atoms with E-state index in [1.165, 1.54) is 0 Å². The van der Waals surface area contributed by atoms with Crippen molar-refractivity contribution < 1.29 is 19.7 Å². The van der Waals surface area contributed by atoms with Crippen molar-refractivity contribution in [1.29, 1.82) is 0 Å². The Hall–Kier alpha value is 0.800. The van der Waals surface area contributed by atoms with Gasteiger partial charge in [-0.2, -0.15) is 0 Å². The van der Waals surface area contributed by atoms with E-state index in [9.17, 15) is 0 Å². The quantitative estimate of drug-likeness (QED) is 0.308. The van der Waals surface area contributed by atoms with Crippen LogP contribution in [0.25, 0.3) is 0 Å². The summed E-state index contributed by atoms with van der Waals surface area (Å²) in [6, 6.07) is 0. The van der Waals surface area contributed by atoms with Crippen molar-refractivity contribution in [3.05, 3.63) is 0 Å². The van der Waals surface area contributed by atoms with E-state index in [2.05, 4.69) is 59.6 Å². The van der Waals surface area contributed by atoms with Crippen LogP contribution >= 0.6 is 31.9 Å². The molecule has 0 saturated heterocycles. The van der Waals surface area contributed by atoms with Crippen LogP contribution in [0.15, 0.2) is 0 Å². The van der Waals surface area contributed by atoms with Gasteiger partial charge in [-0.15, -0.1) is 0 Å². The zero-order chi connectivity index (χ0) is 19.5. The lowest BCUT2D eigenvalue weighted by molar-refractivity contribution is 0.0915. The molecule has 0 rings (SSSR count). The summed E-state index contributed by atoms with van der Waals surface area (Å²) in [5, 5.41) is 16.2. The molecule has 0 fully saturated rings. The van der Waals surface area contributed by atoms with E-state index in [1.807, 2.05) is 13.8 Å². The standard InChI is InChI=1S/C12H24Br2O2.C4H10O2.C2H6/c1-11(2,13)9-15-7-5-6-8-16-10-12(3,4)14;5-3-1-2-4-6;1-2/h5-10H2,1-4H3;5-6H,1-4H2;1-2H3. The van der Waals surface area contributed by atoms with Gasteiger partial charge in [0.25, 0.3) is 0 Å². The summed E-state index contributed by atoms with van der Waals surface area (Å²) in [6.07, 6.45) is 3.56. The monoisotopic (exact) mass is 478 g/mol. The number of hydrogen-bond donors (Lipinski definition) is 2. The number of aliphatic hydroxyl groups is 2. The van der Waals surface area contributed by atoms with Crippen LogP contribution in [-0.4, -0.2) is 58.5 Å². The van der Waals surface area contributed by atoms with Crippen LogP contribution in [0, 0.1) is 0 Å². The van der Waals surface area contributed by atoms with Crippen molar-refractivity contribution in [3.63, 3.8) is 0 Å². The number of rotatable bonds is 12. The fourth-order valence-corrected chi connectivity index (χ4v) is 1.59. The maximum absolute atomic E-state index is 8.09. The molecule has 0 aliphatic carbocycles. The summed E-state index contributed by atoms with van der Waals surface area (Å²) < 4.78 is 11.2. The maximum Gasteiger partial charge on any atom is 0.0614 e. The molecule has 2 N–H and O–H groups in total. The third-order valence-electron chi connectivity index (χ3n) is 2.28. The van der Waals surface area contributed by atoms with Crippen molar-refractivity contribution in [2.45, 2.75) is 75.9 Å². The average molecular weight is 480 g/mol. The maximum atomic E-state index is 8.09. The van der Waals surface area contributed by atoms with Crippen LogP contribution in [0.2, 0.25) is 0 Å². The van der Waals surface area contributed by atoms with Crippen LogP contribution in [0.4, 0.5) is 0 Å². The third kappa shape index (κ3) is 38.4. The summed E-state index contributed by atoms with van der Waals surface area (Å²) in [7, 11) is 0. The fraction of sp³-hybridized carbons (Fsp3) is 1.00. The van der Waals surface area contributed by atoms with E-state index in [-0.39, 0.29) is 21.9 Å². The fourth-order valence-electron chi connectivity index (χ4n) is 1.26. The lowest BCUT2D eigenvalue weighted by Crippen LogP contribution is -2.20. The number of aliphatic hydroxyl groups excluding tert-OH is 2. The van der Waals surface area contributed by atoms with Crippen molar-refractivity contribution >= 4 is 31.9 Å². The largest absolute Gasteiger partial charge is 0.396 e. The van der Waals surface area contributed by atoms with E-state index < -0.39 is 0 Å². The van der Waals surface area contributed by atoms with E-state index in [0.29, 0.717) is 0 Å². The molecule has 0 saturated carbocycles. The molecule has 0 aliphatic rings. The lowest BCUT2D eigenvalue weighted by atomic mass is 10.2. The van der Waals surface area contributed by atoms with E-state index in [4.69, 9.17) is 19.7 Å². The minimum Gasteiger partial charge on any atom is -0.396 e. The topological polar surface area (TPSA) is 58.9 Å². The molecule has 0 aromatic heterocycles. The van der Waals surface area contributed by atoms with Gasteiger partial charge in [0.15, 0.2) is 0 Å². The Bertz CT molecular complexity index is 202. The Morgan fingerprint density at radius 2 is 0.958 bits per heavy atom. The van der Waals surface area contributed by atoms with Crippen LogP contribution in [-0.2, 0) is 9.47 Å². The number of hydrogen-bond acceptors (Lipinski definition) is 4. The summed E-state index contributed by atoms with van der Waals surface area (Å²) >= 11 is 7.08. The van der Waals surface area contributed by atoms with E-state index >= 15 is 0 Å². The van der Waals surface area contributed by atoms with Gasteiger partial charge in [-0.3, -0.25) is 0 Å². The van der Waals surface area contributed by atoms with Gasteiger partial charge in [0.2, 0.25) is 0 Å². The summed E-state index contributed by atoms with van der Waals surface area (Å²) in [5.74, 6) is 0. The summed E-state index contributed by atoms with van der Waals surface area (Å²) in [4.78, 5) is 0. The average Bonchev–Trinajstić information content (AvgIpc) is 2.48. The molecule has 0 aliphatic heterocycles. The van der Waals surface area contributed by atoms with E-state index in [1.54, 1.807) is 0 Å². The highest BCUT2D eigenvalue weighted by Crippen LogP contribution is 2.16. The van der Waals surface area contributed by atoms with Crippen LogP contribution < -0.4 is 0 Å². The predicted molar refractivity (Wildman–Crippen MR) is 112 cm³/mol. The summed E-state index contributed by atoms with van der Waals surface area (Å²) in [5.41, 5.74) is 0. The zero-order valence-electron chi connectivity index (χ0n) is 16.5. The number of alkyl halides is 2. The second kappa shape index (κ2) is 20.1. The molecular formula is C18H40Br2O4. The van der Waals surface area contributed by atoms with Crippen LogP contribution in [0.5, 0.6) is 0 Å². The molecule has 0 radical (unpaired) electrons. The van der Waals surface area contributed by atoms with Gasteiger partial charge in [-0.05, 0) is 53.4 Å². The minimum atomic E-state index is 0.0868. The molecule has 0 unspecified atom stereocenters. The molecule has 0 amide bonds. The molecule has 0 heterocycles. The predicted octanol–water partition coefficient (Wildman–Crippen LogP) is 4.92. The highest BCUT2D eigenvalue weighted by atomic mass is 79.9. The van der Waals surface area contributed by atoms with Gasteiger partial charge in [0.05, 0.1) is 13.2 Å². The lowest BCUT2D eigenvalue weighted by Gasteiger charge is -2.17. The van der Waals surface area contributed by atoms with Gasteiger partial charge >= 0.3 is 0 Å². The molecule has 24 heavy (non-hydrogen) atoms. The molecule has 150 valence electrons. The first-order valence-electron chi connectivity index (χ1n) is 8.87. The second-order valence-electron chi connectivity index (χ2n) is 6.40. The van der Waals surface area contributed by atoms with E-state index in [0.717, 1.165) is 52.1 Å². The van der Waals surface area contributed by atoms with Crippen molar-refractivity contribution in [3.8, 4) is 0 Å². The van der Waals surface area contributed by atoms with Crippen LogP contribution in [0.1, 0.15) is 67.2 Å². The van der Waals surface area contributed by atoms with Crippen molar-refractivity contribution in [2.24, 2.45) is 0 Å². The molecule has 0 spiro atoms. The Morgan fingerprint density at radius 1 is 0.667 bits per heavy atom. The second-order valence-corrected chi connectivity index (χ2v) is 10.7. The molecule has 6 heteroatoms. The smallest absolute Gasteiger partial charge is 0.0614 e. The Kier molecular flexibility index (Phi) is 24.8. The Labute approximate surface area is 167 Å². The molecular weight excluding hydrogens is 440 g/mol. The number of halogens is 2. The minimum absolute atomic E-state index is 0.0868. The normalized spacial score (nSPS) is 11.2. The van der Waals surface area contributed by atoms with Crippen LogP contribution in [0.3, 0.4) is 0 Å². The van der Waals surface area contributed by atoms with Gasteiger partial charge in [-0.25, -0.2) is 0 Å². The number of unbranched alkanes of at least 4 members (excludes halogenated alkanes) is 2. The Morgan fingerprint density at radius 3 is 1.17 bits per heavy atom. The molecule has 0 bridgehead atoms. The number of ether oxygens (including phenoxy) is 2. The van der Waals surface area contributed by atoms with Crippen molar-refractivity contribution in [1.82, 2.24) is 0 Å². The zero-order valence-corrected chi connectivity index (χ0v) is 19.7. The highest BCUT2D eigenvalue weighted by molar-refractivity contribution is 9.10. The molecule has 4 nitrogen and oxygen atoms in total. The molecule has 0 atom stereocenters. The third-order valence-corrected chi connectivity index (χ3v) is 2.74. The van der Waals surface area contributed by atoms with Gasteiger partial charge in [0, 0.05) is 35.1 Å². The Balaban J connectivity index is -0.000000462. The summed E-state index contributed by atoms with van der Waals surface area (Å²) in [6.45, 7) is 15.9. The highest BCUT2D eigenvalue weighted by Gasteiger charge is 2.12. The van der Waals surface area contributed by atoms with Gasteiger partial charge in [0.1, 0.15) is 0 Å². The van der Waals surface area contributed by atoms with Gasteiger partial charge in [-0.1, -0.05) is 45.7 Å². The first kappa shape index (κ1) is 29.6. The van der Waals surface area contributed by atoms with Gasteiger partial charge < -0.3 is 19.7 Å². The first-order valence-corrected chi connectivity index (χ1v) is 10.5. The SMILES string of the molecule is CC.CC(C)(Br)COCCCCOCC(C)(C)Br.OCCCCO. The molecule has 0 aromatic rings. The molecule has 0 aromatic carbocycles.